The summed E-state index contributed by atoms with van der Waals surface area (Å²) >= 11 is 0. The molecule has 0 fully saturated rings. The van der Waals surface area contributed by atoms with Gasteiger partial charge in [0.05, 0.1) is 0 Å². The smallest absolute Gasteiger partial charge is 0.418 e. The van der Waals surface area contributed by atoms with Crippen LogP contribution in [0, 0.1) is 0 Å². The van der Waals surface area contributed by atoms with Gasteiger partial charge in [0.1, 0.15) is 0 Å². The summed E-state index contributed by atoms with van der Waals surface area (Å²) in [5, 5.41) is 3.39. The Balaban J connectivity index is 0.000000465. The van der Waals surface area contributed by atoms with Gasteiger partial charge < -0.3 is 27.5 Å². The summed E-state index contributed by atoms with van der Waals surface area (Å²) in [6, 6.07) is 22.8. The lowest BCUT2D eigenvalue weighted by Gasteiger charge is -2.10. The highest BCUT2D eigenvalue weighted by Crippen LogP contribution is 2.17. The standard InChI is InChI=1S/C19H20N3.BF4/c1-21(2)18-12-14-22(15-13-18)19-10-8-17(9-11-19)20-16-6-4-3-5-7-16;2-1(3,4)5/h3-15,20H,1-2H3;/q+1;-1. The van der Waals surface area contributed by atoms with Crippen LogP contribution in [-0.2, 0) is 0 Å². The van der Waals surface area contributed by atoms with Crippen LogP contribution in [0.2, 0.25) is 0 Å². The zero-order valence-corrected chi connectivity index (χ0v) is 15.0. The molecule has 0 spiro atoms. The van der Waals surface area contributed by atoms with Crippen LogP contribution in [0.4, 0.5) is 34.3 Å². The van der Waals surface area contributed by atoms with Gasteiger partial charge in [-0.15, -0.1) is 0 Å². The highest BCUT2D eigenvalue weighted by molar-refractivity contribution is 6.50. The van der Waals surface area contributed by atoms with Crippen molar-refractivity contribution >= 4 is 24.3 Å². The van der Waals surface area contributed by atoms with Crippen molar-refractivity contribution < 1.29 is 21.8 Å². The zero-order valence-electron chi connectivity index (χ0n) is 15.0. The number of aromatic nitrogens is 1. The van der Waals surface area contributed by atoms with Crippen LogP contribution in [0.15, 0.2) is 79.1 Å². The van der Waals surface area contributed by atoms with Crippen molar-refractivity contribution in [1.29, 1.82) is 0 Å². The lowest BCUT2D eigenvalue weighted by molar-refractivity contribution is -0.595. The van der Waals surface area contributed by atoms with E-state index in [1.807, 2.05) is 32.3 Å². The van der Waals surface area contributed by atoms with Gasteiger partial charge in [-0.2, -0.15) is 4.57 Å². The number of rotatable bonds is 4. The monoisotopic (exact) mass is 377 g/mol. The first-order valence-electron chi connectivity index (χ1n) is 8.21. The molecular weight excluding hydrogens is 357 g/mol. The minimum Gasteiger partial charge on any atom is -0.418 e. The van der Waals surface area contributed by atoms with Gasteiger partial charge in [0.2, 0.25) is 5.69 Å². The molecule has 0 aliphatic carbocycles. The van der Waals surface area contributed by atoms with Crippen LogP contribution in [0.3, 0.4) is 0 Å². The summed E-state index contributed by atoms with van der Waals surface area (Å²) in [6.07, 6.45) is 4.16. The third kappa shape index (κ3) is 7.39. The minimum absolute atomic E-state index is 1.08. The van der Waals surface area contributed by atoms with E-state index in [1.165, 1.54) is 5.69 Å². The van der Waals surface area contributed by atoms with Gasteiger partial charge in [0.15, 0.2) is 12.4 Å². The van der Waals surface area contributed by atoms with Crippen molar-refractivity contribution in [3.8, 4) is 5.69 Å². The number of benzene rings is 2. The quantitative estimate of drug-likeness (QED) is 0.389. The van der Waals surface area contributed by atoms with E-state index >= 15 is 0 Å². The number of halogens is 4. The van der Waals surface area contributed by atoms with E-state index in [2.05, 4.69) is 75.7 Å². The van der Waals surface area contributed by atoms with Crippen LogP contribution in [0.25, 0.3) is 5.69 Å². The Morgan fingerprint density at radius 3 is 1.70 bits per heavy atom. The van der Waals surface area contributed by atoms with Crippen molar-refractivity contribution in [2.45, 2.75) is 0 Å². The molecule has 0 radical (unpaired) electrons. The van der Waals surface area contributed by atoms with Crippen LogP contribution in [-0.4, -0.2) is 21.3 Å². The number of para-hydroxylation sites is 1. The average Bonchev–Trinajstić information content (AvgIpc) is 2.62. The summed E-state index contributed by atoms with van der Waals surface area (Å²) in [7, 11) is -1.91. The maximum Gasteiger partial charge on any atom is 0.673 e. The molecule has 3 aromatic rings. The number of anilines is 3. The lowest BCUT2D eigenvalue weighted by atomic mass is 10.2. The zero-order chi connectivity index (χ0) is 19.9. The number of pyridine rings is 1. The highest BCUT2D eigenvalue weighted by atomic mass is 19.5. The van der Waals surface area contributed by atoms with E-state index in [0.29, 0.717) is 0 Å². The van der Waals surface area contributed by atoms with E-state index in [4.69, 9.17) is 0 Å². The predicted octanol–water partition coefficient (Wildman–Crippen LogP) is 5.07. The van der Waals surface area contributed by atoms with E-state index in [0.717, 1.165) is 17.1 Å². The topological polar surface area (TPSA) is 19.1 Å². The fraction of sp³-hybridized carbons (Fsp3) is 0.105. The summed E-state index contributed by atoms with van der Waals surface area (Å²) in [5.41, 5.74) is 4.52. The van der Waals surface area contributed by atoms with Gasteiger partial charge in [0, 0.05) is 55.4 Å². The van der Waals surface area contributed by atoms with Gasteiger partial charge in [-0.05, 0) is 24.3 Å². The molecule has 1 heterocycles. The normalized spacial score (nSPS) is 10.6. The minimum atomic E-state index is -6.00. The molecule has 0 aliphatic rings. The Bertz CT molecular complexity index is 814. The molecule has 27 heavy (non-hydrogen) atoms. The first kappa shape index (κ1) is 20.3. The summed E-state index contributed by atoms with van der Waals surface area (Å²) in [6.45, 7) is 0. The number of nitrogens with zero attached hydrogens (tertiary/aromatic N) is 2. The summed E-state index contributed by atoms with van der Waals surface area (Å²) < 4.78 is 41.1. The molecule has 3 nitrogen and oxygen atoms in total. The first-order chi connectivity index (χ1) is 12.7. The van der Waals surface area contributed by atoms with Gasteiger partial charge in [0.25, 0.3) is 0 Å². The van der Waals surface area contributed by atoms with E-state index in [9.17, 15) is 17.3 Å². The Morgan fingerprint density at radius 1 is 0.741 bits per heavy atom. The fourth-order valence-corrected chi connectivity index (χ4v) is 2.29. The predicted molar refractivity (Wildman–Crippen MR) is 102 cm³/mol. The van der Waals surface area contributed by atoms with Crippen LogP contribution < -0.4 is 14.8 Å². The summed E-state index contributed by atoms with van der Waals surface area (Å²) in [4.78, 5) is 2.09. The lowest BCUT2D eigenvalue weighted by Crippen LogP contribution is -2.29. The Morgan fingerprint density at radius 2 is 1.22 bits per heavy atom. The number of hydrogen-bond donors (Lipinski definition) is 1. The van der Waals surface area contributed by atoms with Gasteiger partial charge >= 0.3 is 7.25 Å². The fourth-order valence-electron chi connectivity index (χ4n) is 2.29. The number of nitrogens with one attached hydrogen (secondary N) is 1. The second kappa shape index (κ2) is 9.07. The molecule has 0 atom stereocenters. The molecule has 0 saturated heterocycles. The average molecular weight is 377 g/mol. The molecule has 2 aromatic carbocycles. The molecule has 0 saturated carbocycles. The van der Waals surface area contributed by atoms with Crippen LogP contribution >= 0.6 is 0 Å². The Labute approximate surface area is 156 Å². The number of hydrogen-bond acceptors (Lipinski definition) is 2. The van der Waals surface area contributed by atoms with Crippen molar-refractivity contribution in [3.63, 3.8) is 0 Å². The van der Waals surface area contributed by atoms with Crippen molar-refractivity contribution in [2.24, 2.45) is 0 Å². The van der Waals surface area contributed by atoms with E-state index in [1.54, 1.807) is 0 Å². The Kier molecular flexibility index (Phi) is 6.82. The van der Waals surface area contributed by atoms with Gasteiger partial charge in [-0.25, -0.2) is 0 Å². The van der Waals surface area contributed by atoms with Crippen LogP contribution in [0.1, 0.15) is 0 Å². The third-order valence-electron chi connectivity index (χ3n) is 3.56. The molecule has 1 aromatic heterocycles. The molecule has 0 unspecified atom stereocenters. The second-order valence-corrected chi connectivity index (χ2v) is 5.89. The van der Waals surface area contributed by atoms with Crippen LogP contribution in [0.5, 0.6) is 0 Å². The van der Waals surface area contributed by atoms with Crippen molar-refractivity contribution in [1.82, 2.24) is 0 Å². The van der Waals surface area contributed by atoms with E-state index in [-0.39, 0.29) is 0 Å². The molecule has 142 valence electrons. The van der Waals surface area contributed by atoms with Gasteiger partial charge in [-0.3, -0.25) is 0 Å². The third-order valence-corrected chi connectivity index (χ3v) is 3.56. The SMILES string of the molecule is CN(C)c1cc[n+](-c2ccc(Nc3ccccc3)cc2)cc1.F[B-](F)(F)F. The highest BCUT2D eigenvalue weighted by Gasteiger charge is 2.20. The molecule has 1 N–H and O–H groups in total. The largest absolute Gasteiger partial charge is 0.673 e. The first-order valence-corrected chi connectivity index (χ1v) is 8.21. The van der Waals surface area contributed by atoms with Crippen molar-refractivity contribution in [2.75, 3.05) is 24.3 Å². The molecule has 0 bridgehead atoms. The van der Waals surface area contributed by atoms with E-state index < -0.39 is 7.25 Å². The maximum atomic E-state index is 9.75. The van der Waals surface area contributed by atoms with Crippen molar-refractivity contribution in [3.05, 3.63) is 79.1 Å². The Hall–Kier alpha value is -3.03. The molecule has 0 aliphatic heterocycles. The molecule has 3 rings (SSSR count). The van der Waals surface area contributed by atoms with Gasteiger partial charge in [-0.1, -0.05) is 18.2 Å². The molecule has 8 heteroatoms. The maximum absolute atomic E-state index is 9.75. The molecule has 0 amide bonds. The summed E-state index contributed by atoms with van der Waals surface area (Å²) in [5.74, 6) is 0. The molecular formula is C19H20BF4N3. The second-order valence-electron chi connectivity index (χ2n) is 5.89.